The second-order valence-corrected chi connectivity index (χ2v) is 6.97. The van der Waals surface area contributed by atoms with E-state index in [-0.39, 0.29) is 17.4 Å². The monoisotopic (exact) mass is 381 g/mol. The summed E-state index contributed by atoms with van der Waals surface area (Å²) in [6.45, 7) is 6.22. The van der Waals surface area contributed by atoms with Crippen LogP contribution in [0.3, 0.4) is 0 Å². The Morgan fingerprint density at radius 1 is 0.926 bits per heavy atom. The fourth-order valence-corrected chi connectivity index (χ4v) is 3.42. The quantitative estimate of drug-likeness (QED) is 0.619. The van der Waals surface area contributed by atoms with Crippen LogP contribution in [-0.4, -0.2) is 23.8 Å². The van der Waals surface area contributed by atoms with Crippen LogP contribution in [0.15, 0.2) is 24.3 Å². The summed E-state index contributed by atoms with van der Waals surface area (Å²) in [4.78, 5) is 0. The summed E-state index contributed by atoms with van der Waals surface area (Å²) >= 11 is 0. The van der Waals surface area contributed by atoms with Crippen molar-refractivity contribution in [3.63, 3.8) is 0 Å². The second-order valence-electron chi connectivity index (χ2n) is 6.97. The van der Waals surface area contributed by atoms with E-state index in [1.807, 2.05) is 20.9 Å². The molecule has 148 valence electrons. The number of nitrogens with one attached hydrogen (secondary N) is 1. The molecule has 2 rings (SSSR count). The van der Waals surface area contributed by atoms with Gasteiger partial charge in [-0.1, -0.05) is 12.1 Å². The smallest absolute Gasteiger partial charge is 0.416 e. The minimum absolute atomic E-state index is 0.130. The third kappa shape index (κ3) is 4.56. The molecule has 0 saturated carbocycles. The van der Waals surface area contributed by atoms with Gasteiger partial charge in [-0.25, -0.2) is 0 Å². The highest BCUT2D eigenvalue weighted by molar-refractivity contribution is 5.58. The van der Waals surface area contributed by atoms with Crippen molar-refractivity contribution in [2.24, 2.45) is 0 Å². The minimum atomic E-state index is -4.36. The van der Waals surface area contributed by atoms with Crippen LogP contribution < -0.4 is 5.32 Å². The Kier molecular flexibility index (Phi) is 6.42. The molecule has 0 aliphatic carbocycles. The first-order chi connectivity index (χ1) is 12.6. The number of hydrogen-bond acceptors (Lipinski definition) is 3. The van der Waals surface area contributed by atoms with Crippen LogP contribution in [0.1, 0.15) is 45.7 Å². The molecule has 6 heteroatoms. The van der Waals surface area contributed by atoms with E-state index in [4.69, 9.17) is 0 Å². The number of rotatable bonds is 6. The summed E-state index contributed by atoms with van der Waals surface area (Å²) in [5, 5.41) is 23.9. The summed E-state index contributed by atoms with van der Waals surface area (Å²) in [6.07, 6.45) is -3.22. The largest absolute Gasteiger partial charge is 0.504 e. The van der Waals surface area contributed by atoms with Crippen LogP contribution in [0, 0.1) is 20.8 Å². The maximum Gasteiger partial charge on any atom is 0.416 e. The van der Waals surface area contributed by atoms with E-state index < -0.39 is 11.7 Å². The van der Waals surface area contributed by atoms with Crippen LogP contribution in [0.4, 0.5) is 13.2 Å². The molecule has 0 aliphatic rings. The molecule has 1 atom stereocenters. The lowest BCUT2D eigenvalue weighted by atomic mass is 9.83. The Balaban J connectivity index is 2.42. The van der Waals surface area contributed by atoms with Gasteiger partial charge in [-0.15, -0.1) is 0 Å². The predicted molar refractivity (Wildman–Crippen MR) is 100 cm³/mol. The van der Waals surface area contributed by atoms with E-state index in [1.54, 1.807) is 6.92 Å². The first kappa shape index (κ1) is 21.1. The minimum Gasteiger partial charge on any atom is -0.504 e. The Morgan fingerprint density at radius 3 is 2.04 bits per heavy atom. The maximum atomic E-state index is 12.8. The maximum absolute atomic E-state index is 12.8. The van der Waals surface area contributed by atoms with Gasteiger partial charge in [0.15, 0.2) is 11.5 Å². The molecule has 0 bridgehead atoms. The summed E-state index contributed by atoms with van der Waals surface area (Å²) in [5.74, 6) is -0.405. The number of halogens is 3. The van der Waals surface area contributed by atoms with Gasteiger partial charge in [-0.05, 0) is 87.5 Å². The van der Waals surface area contributed by atoms with Crippen molar-refractivity contribution in [1.82, 2.24) is 5.32 Å². The number of phenols is 2. The molecule has 0 aromatic heterocycles. The molecule has 0 heterocycles. The van der Waals surface area contributed by atoms with E-state index >= 15 is 0 Å². The Hall–Kier alpha value is -2.21. The first-order valence-electron chi connectivity index (χ1n) is 8.90. The van der Waals surface area contributed by atoms with Gasteiger partial charge >= 0.3 is 6.18 Å². The third-order valence-electron chi connectivity index (χ3n) is 5.28. The molecule has 0 aliphatic heterocycles. The van der Waals surface area contributed by atoms with Crippen molar-refractivity contribution in [1.29, 1.82) is 0 Å². The van der Waals surface area contributed by atoms with Gasteiger partial charge in [0.2, 0.25) is 0 Å². The molecule has 0 fully saturated rings. The first-order valence-corrected chi connectivity index (χ1v) is 8.90. The summed E-state index contributed by atoms with van der Waals surface area (Å²) in [7, 11) is 1.82. The molecular weight excluding hydrogens is 355 g/mol. The second kappa shape index (κ2) is 8.21. The number of aromatic hydroxyl groups is 2. The van der Waals surface area contributed by atoms with Gasteiger partial charge in [0.25, 0.3) is 0 Å². The van der Waals surface area contributed by atoms with E-state index in [0.717, 1.165) is 28.8 Å². The number of hydrogen-bond donors (Lipinski definition) is 3. The van der Waals surface area contributed by atoms with Gasteiger partial charge < -0.3 is 15.5 Å². The summed E-state index contributed by atoms with van der Waals surface area (Å²) < 4.78 is 38.3. The molecule has 2 aromatic rings. The molecule has 1 unspecified atom stereocenters. The van der Waals surface area contributed by atoms with Crippen LogP contribution in [0.2, 0.25) is 0 Å². The van der Waals surface area contributed by atoms with Gasteiger partial charge in [0, 0.05) is 5.56 Å². The Bertz CT molecular complexity index is 770. The van der Waals surface area contributed by atoms with E-state index in [2.05, 4.69) is 5.32 Å². The normalized spacial score (nSPS) is 13.0. The zero-order valence-electron chi connectivity index (χ0n) is 16.0. The molecule has 3 N–H and O–H groups in total. The topological polar surface area (TPSA) is 52.5 Å². The molecule has 2 aromatic carbocycles. The molecule has 27 heavy (non-hydrogen) atoms. The highest BCUT2D eigenvalue weighted by Gasteiger charge is 2.30. The molecule has 0 amide bonds. The fraction of sp³-hybridized carbons (Fsp3) is 0.429. The molecule has 0 radical (unpaired) electrons. The lowest BCUT2D eigenvalue weighted by Crippen LogP contribution is -2.15. The lowest BCUT2D eigenvalue weighted by molar-refractivity contribution is -0.137. The number of alkyl halides is 3. The van der Waals surface area contributed by atoms with Gasteiger partial charge in [0.05, 0.1) is 5.56 Å². The number of phenolic OH excluding ortho intramolecular Hbond substituents is 2. The van der Waals surface area contributed by atoms with Crippen molar-refractivity contribution in [3.05, 3.63) is 57.6 Å². The molecular formula is C21H26F3NO2. The van der Waals surface area contributed by atoms with Gasteiger partial charge in [0.1, 0.15) is 0 Å². The van der Waals surface area contributed by atoms with Crippen LogP contribution >= 0.6 is 0 Å². The lowest BCUT2D eigenvalue weighted by Gasteiger charge is -2.24. The standard InChI is InChI=1S/C21H26F3NO2/c1-12-13(2)18(20(27)19(26)14(12)3)16(9-10-25-4)11-15-5-7-17(8-6-15)21(22,23)24/h5-8,16,25-27H,9-11H2,1-4H3. The van der Waals surface area contributed by atoms with Crippen LogP contribution in [0.25, 0.3) is 0 Å². The predicted octanol–water partition coefficient (Wildman–Crippen LogP) is 4.98. The van der Waals surface area contributed by atoms with Crippen molar-refractivity contribution < 1.29 is 23.4 Å². The SMILES string of the molecule is CNCCC(Cc1ccc(C(F)(F)F)cc1)c1c(C)c(C)c(C)c(O)c1O. The highest BCUT2D eigenvalue weighted by Crippen LogP contribution is 2.43. The van der Waals surface area contributed by atoms with Crippen molar-refractivity contribution in [3.8, 4) is 11.5 Å². The van der Waals surface area contributed by atoms with Crippen LogP contribution in [-0.2, 0) is 12.6 Å². The van der Waals surface area contributed by atoms with E-state index in [0.29, 0.717) is 30.5 Å². The van der Waals surface area contributed by atoms with E-state index in [1.165, 1.54) is 12.1 Å². The molecule has 3 nitrogen and oxygen atoms in total. The van der Waals surface area contributed by atoms with E-state index in [9.17, 15) is 23.4 Å². The summed E-state index contributed by atoms with van der Waals surface area (Å²) in [5.41, 5.74) is 3.17. The highest BCUT2D eigenvalue weighted by atomic mass is 19.4. The van der Waals surface area contributed by atoms with Gasteiger partial charge in [-0.3, -0.25) is 0 Å². The van der Waals surface area contributed by atoms with Crippen LogP contribution in [0.5, 0.6) is 11.5 Å². The van der Waals surface area contributed by atoms with Gasteiger partial charge in [-0.2, -0.15) is 13.2 Å². The number of benzene rings is 2. The van der Waals surface area contributed by atoms with Crippen molar-refractivity contribution in [2.45, 2.75) is 45.7 Å². The fourth-order valence-electron chi connectivity index (χ4n) is 3.42. The molecule has 0 saturated heterocycles. The van der Waals surface area contributed by atoms with Crippen molar-refractivity contribution in [2.75, 3.05) is 13.6 Å². The molecule has 0 spiro atoms. The Morgan fingerprint density at radius 2 is 1.52 bits per heavy atom. The third-order valence-corrected chi connectivity index (χ3v) is 5.28. The van der Waals surface area contributed by atoms with Crippen molar-refractivity contribution >= 4 is 0 Å². The average molecular weight is 381 g/mol. The zero-order chi connectivity index (χ0) is 20.4. The average Bonchev–Trinajstić information content (AvgIpc) is 2.62. The summed E-state index contributed by atoms with van der Waals surface area (Å²) in [6, 6.07) is 5.11. The zero-order valence-corrected chi connectivity index (χ0v) is 16.0. The Labute approximate surface area is 157 Å².